The number of rotatable bonds is 12. The molecule has 220 valence electrons. The Kier molecular flexibility index (Phi) is 10.6. The molecule has 0 saturated carbocycles. The molecule has 0 spiro atoms. The van der Waals surface area contributed by atoms with Gasteiger partial charge in [0.1, 0.15) is 17.7 Å². The first-order valence-corrected chi connectivity index (χ1v) is 15.2. The van der Waals surface area contributed by atoms with Crippen LogP contribution in [0.5, 0.6) is 0 Å². The maximum absolute atomic E-state index is 14.4. The summed E-state index contributed by atoms with van der Waals surface area (Å²) < 4.78 is 54.0. The molecular weight excluding hydrogens is 548 g/mol. The van der Waals surface area contributed by atoms with E-state index in [4.69, 9.17) is 0 Å². The molecule has 0 heterocycles. The van der Waals surface area contributed by atoms with E-state index >= 15 is 0 Å². The van der Waals surface area contributed by atoms with Crippen molar-refractivity contribution in [2.75, 3.05) is 17.1 Å². The molecule has 0 radical (unpaired) electrons. The molecule has 0 aliphatic rings. The number of sulfonamides is 1. The van der Waals surface area contributed by atoms with Gasteiger partial charge in [-0.3, -0.25) is 13.9 Å². The lowest BCUT2D eigenvalue weighted by atomic mass is 10.00. The van der Waals surface area contributed by atoms with Gasteiger partial charge in [-0.05, 0) is 62.6 Å². The second-order valence-electron chi connectivity index (χ2n) is 11.0. The molecule has 2 amide bonds. The zero-order valence-corrected chi connectivity index (χ0v) is 24.6. The average molecular weight is 586 g/mol. The van der Waals surface area contributed by atoms with Crippen LogP contribution in [0, 0.1) is 11.6 Å². The van der Waals surface area contributed by atoms with Crippen LogP contribution in [-0.2, 0) is 32.6 Å². The highest BCUT2D eigenvalue weighted by atomic mass is 32.2. The van der Waals surface area contributed by atoms with E-state index in [9.17, 15) is 26.8 Å². The number of amides is 2. The summed E-state index contributed by atoms with van der Waals surface area (Å²) in [6.45, 7) is 5.45. The number of benzene rings is 3. The highest BCUT2D eigenvalue weighted by Crippen LogP contribution is 2.23. The first-order chi connectivity index (χ1) is 19.2. The van der Waals surface area contributed by atoms with Crippen molar-refractivity contribution >= 4 is 27.5 Å². The number of carbonyl (C=O) groups is 2. The molecule has 0 unspecified atom stereocenters. The number of para-hydroxylation sites is 1. The van der Waals surface area contributed by atoms with E-state index in [0.29, 0.717) is 5.56 Å². The summed E-state index contributed by atoms with van der Waals surface area (Å²) in [5.41, 5.74) is 0.815. The smallest absolute Gasteiger partial charge is 0.243 e. The van der Waals surface area contributed by atoms with Crippen LogP contribution in [0.1, 0.15) is 44.7 Å². The number of carbonyl (C=O) groups excluding carboxylic acids is 2. The number of anilines is 1. The Bertz CT molecular complexity index is 1430. The first kappa shape index (κ1) is 31.7. The summed E-state index contributed by atoms with van der Waals surface area (Å²) in [4.78, 5) is 28.8. The molecule has 41 heavy (non-hydrogen) atoms. The SMILES string of the molecule is CC(C)(C)NC(=O)[C@H](Cc1ccccc1)N(Cc1ccc(F)cc1)C(=O)CCCN(c1ccccc1F)S(C)(=O)=O. The van der Waals surface area contributed by atoms with Gasteiger partial charge in [-0.2, -0.15) is 0 Å². The Hall–Kier alpha value is -3.79. The van der Waals surface area contributed by atoms with Gasteiger partial charge in [0.15, 0.2) is 0 Å². The molecule has 0 saturated heterocycles. The fourth-order valence-electron chi connectivity index (χ4n) is 4.43. The van der Waals surface area contributed by atoms with Gasteiger partial charge in [-0.25, -0.2) is 17.2 Å². The average Bonchev–Trinajstić information content (AvgIpc) is 2.89. The van der Waals surface area contributed by atoms with Gasteiger partial charge < -0.3 is 10.2 Å². The van der Waals surface area contributed by atoms with Crippen molar-refractivity contribution in [1.82, 2.24) is 10.2 Å². The lowest BCUT2D eigenvalue weighted by molar-refractivity contribution is -0.142. The molecule has 3 aromatic carbocycles. The van der Waals surface area contributed by atoms with Gasteiger partial charge in [-0.1, -0.05) is 54.6 Å². The summed E-state index contributed by atoms with van der Waals surface area (Å²) in [6.07, 6.45) is 1.20. The molecule has 3 rings (SSSR count). The largest absolute Gasteiger partial charge is 0.350 e. The summed E-state index contributed by atoms with van der Waals surface area (Å²) in [5, 5.41) is 2.97. The standard InChI is InChI=1S/C31H37F2N3O4S/c1-31(2,3)34-30(38)28(21-23-11-6-5-7-12-23)35(22-24-16-18-25(32)19-17-24)29(37)15-10-20-36(41(4,39)40)27-14-9-8-13-26(27)33/h5-9,11-14,16-19,28H,10,15,20-22H2,1-4H3,(H,34,38)/t28-/m0/s1. The van der Waals surface area contributed by atoms with E-state index in [1.54, 1.807) is 12.1 Å². The predicted octanol–water partition coefficient (Wildman–Crippen LogP) is 5.07. The summed E-state index contributed by atoms with van der Waals surface area (Å²) in [6, 6.07) is 19.6. The fraction of sp³-hybridized carbons (Fsp3) is 0.355. The summed E-state index contributed by atoms with van der Waals surface area (Å²) in [7, 11) is -3.83. The Balaban J connectivity index is 1.90. The lowest BCUT2D eigenvalue weighted by Crippen LogP contribution is -2.54. The minimum atomic E-state index is -3.83. The number of nitrogens with one attached hydrogen (secondary N) is 1. The zero-order valence-electron chi connectivity index (χ0n) is 23.8. The van der Waals surface area contributed by atoms with Crippen molar-refractivity contribution in [3.8, 4) is 0 Å². The second-order valence-corrected chi connectivity index (χ2v) is 12.9. The quantitative estimate of drug-likeness (QED) is 0.322. The van der Waals surface area contributed by atoms with Gasteiger partial charge in [0.25, 0.3) is 0 Å². The Morgan fingerprint density at radius 1 is 0.878 bits per heavy atom. The maximum atomic E-state index is 14.4. The molecule has 7 nitrogen and oxygen atoms in total. The normalized spacial score (nSPS) is 12.4. The van der Waals surface area contributed by atoms with Gasteiger partial charge in [0, 0.05) is 31.5 Å². The van der Waals surface area contributed by atoms with Crippen LogP contribution < -0.4 is 9.62 Å². The van der Waals surface area contributed by atoms with E-state index in [2.05, 4.69) is 5.32 Å². The Morgan fingerprint density at radius 3 is 2.07 bits per heavy atom. The van der Waals surface area contributed by atoms with E-state index in [-0.39, 0.29) is 49.9 Å². The molecule has 0 fully saturated rings. The fourth-order valence-corrected chi connectivity index (χ4v) is 5.40. The Labute approximate surface area is 241 Å². The van der Waals surface area contributed by atoms with Crippen molar-refractivity contribution in [3.63, 3.8) is 0 Å². The van der Waals surface area contributed by atoms with Crippen LogP contribution >= 0.6 is 0 Å². The van der Waals surface area contributed by atoms with Crippen LogP contribution in [-0.4, -0.2) is 49.5 Å². The van der Waals surface area contributed by atoms with Crippen LogP contribution in [0.2, 0.25) is 0 Å². The zero-order chi connectivity index (χ0) is 30.2. The Morgan fingerprint density at radius 2 is 1.49 bits per heavy atom. The topological polar surface area (TPSA) is 86.8 Å². The van der Waals surface area contributed by atoms with Gasteiger partial charge in [-0.15, -0.1) is 0 Å². The van der Waals surface area contributed by atoms with Crippen molar-refractivity contribution < 1.29 is 26.8 Å². The molecule has 10 heteroatoms. The second kappa shape index (κ2) is 13.7. The molecular formula is C31H37F2N3O4S. The number of nitrogens with zero attached hydrogens (tertiary/aromatic N) is 2. The van der Waals surface area contributed by atoms with Crippen LogP contribution in [0.25, 0.3) is 0 Å². The maximum Gasteiger partial charge on any atom is 0.243 e. The number of halogens is 2. The van der Waals surface area contributed by atoms with E-state index in [1.807, 2.05) is 51.1 Å². The molecule has 0 aliphatic heterocycles. The van der Waals surface area contributed by atoms with Crippen LogP contribution in [0.3, 0.4) is 0 Å². The molecule has 0 bridgehead atoms. The highest BCUT2D eigenvalue weighted by molar-refractivity contribution is 7.92. The van der Waals surface area contributed by atoms with Gasteiger partial charge in [0.05, 0.1) is 11.9 Å². The third-order valence-corrected chi connectivity index (χ3v) is 7.49. The highest BCUT2D eigenvalue weighted by Gasteiger charge is 2.32. The molecule has 1 N–H and O–H groups in total. The third kappa shape index (κ3) is 9.67. The van der Waals surface area contributed by atoms with Gasteiger partial charge in [0.2, 0.25) is 21.8 Å². The molecule has 0 aliphatic carbocycles. The molecule has 0 aromatic heterocycles. The number of hydrogen-bond donors (Lipinski definition) is 1. The summed E-state index contributed by atoms with van der Waals surface area (Å²) in [5.74, 6) is -1.85. The minimum Gasteiger partial charge on any atom is -0.350 e. The van der Waals surface area contributed by atoms with Crippen molar-refractivity contribution in [2.45, 2.75) is 58.2 Å². The monoisotopic (exact) mass is 585 g/mol. The van der Waals surface area contributed by atoms with Crippen LogP contribution in [0.15, 0.2) is 78.9 Å². The van der Waals surface area contributed by atoms with Crippen molar-refractivity contribution in [2.24, 2.45) is 0 Å². The van der Waals surface area contributed by atoms with Crippen molar-refractivity contribution in [1.29, 1.82) is 0 Å². The van der Waals surface area contributed by atoms with Gasteiger partial charge >= 0.3 is 0 Å². The summed E-state index contributed by atoms with van der Waals surface area (Å²) >= 11 is 0. The van der Waals surface area contributed by atoms with Crippen molar-refractivity contribution in [3.05, 3.63) is 102 Å². The predicted molar refractivity (Wildman–Crippen MR) is 157 cm³/mol. The van der Waals surface area contributed by atoms with E-state index in [0.717, 1.165) is 16.1 Å². The van der Waals surface area contributed by atoms with E-state index in [1.165, 1.54) is 41.3 Å². The number of hydrogen-bond acceptors (Lipinski definition) is 4. The molecule has 1 atom stereocenters. The third-order valence-electron chi connectivity index (χ3n) is 6.31. The van der Waals surface area contributed by atoms with Crippen LogP contribution in [0.4, 0.5) is 14.5 Å². The lowest BCUT2D eigenvalue weighted by Gasteiger charge is -2.34. The first-order valence-electron chi connectivity index (χ1n) is 13.4. The van der Waals surface area contributed by atoms with E-state index < -0.39 is 33.2 Å². The minimum absolute atomic E-state index is 0.0390. The molecule has 3 aromatic rings.